The van der Waals surface area contributed by atoms with Gasteiger partial charge in [-0.05, 0) is 16.8 Å². The molecule has 0 atom stereocenters. The highest BCUT2D eigenvalue weighted by Crippen LogP contribution is 2.37. The zero-order valence-corrected chi connectivity index (χ0v) is 18.2. The molecule has 0 aliphatic carbocycles. The highest BCUT2D eigenvalue weighted by molar-refractivity contribution is 6.66. The van der Waals surface area contributed by atoms with E-state index in [1.165, 1.54) is 0 Å². The van der Waals surface area contributed by atoms with Crippen LogP contribution in [0.1, 0.15) is 21.9 Å². The second kappa shape index (κ2) is 9.09. The van der Waals surface area contributed by atoms with Crippen LogP contribution in [0.5, 0.6) is 0 Å². The fourth-order valence-electron chi connectivity index (χ4n) is 3.08. The molecule has 156 valence electrons. The Morgan fingerprint density at radius 3 is 2.58 bits per heavy atom. The van der Waals surface area contributed by atoms with E-state index in [1.54, 1.807) is 24.7 Å². The third kappa shape index (κ3) is 4.90. The molecule has 0 amide bonds. The number of carbonyl (C=O) groups excluding carboxylic acids is 1. The Kier molecular flexibility index (Phi) is 6.27. The van der Waals surface area contributed by atoms with Crippen LogP contribution in [-0.2, 0) is 10.2 Å². The molecule has 4 rings (SSSR count). The molecule has 0 saturated heterocycles. The van der Waals surface area contributed by atoms with Crippen LogP contribution in [0, 0.1) is 0 Å². The van der Waals surface area contributed by atoms with Crippen molar-refractivity contribution < 1.29 is 4.79 Å². The molecular formula is C21H15Cl3N6O. The van der Waals surface area contributed by atoms with Crippen LogP contribution >= 0.6 is 34.8 Å². The van der Waals surface area contributed by atoms with Crippen LogP contribution in [0.15, 0.2) is 55.0 Å². The summed E-state index contributed by atoms with van der Waals surface area (Å²) in [7, 11) is 0. The van der Waals surface area contributed by atoms with Gasteiger partial charge in [-0.3, -0.25) is 14.8 Å². The first-order chi connectivity index (χ1) is 15.0. The molecule has 31 heavy (non-hydrogen) atoms. The molecule has 1 N–H and O–H groups in total. The molecule has 0 radical (unpaired) electrons. The molecule has 10 heteroatoms. The topological polar surface area (TPSA) is 93.6 Å². The first kappa shape index (κ1) is 21.4. The highest BCUT2D eigenvalue weighted by atomic mass is 35.6. The van der Waals surface area contributed by atoms with Crippen molar-refractivity contribution in [1.82, 2.24) is 24.9 Å². The number of nitrogens with one attached hydrogen (secondary N) is 1. The number of carbonyl (C=O) groups is 1. The van der Waals surface area contributed by atoms with Crippen molar-refractivity contribution in [3.05, 3.63) is 72.1 Å². The summed E-state index contributed by atoms with van der Waals surface area (Å²) in [5.74, 6) is 0.404. The van der Waals surface area contributed by atoms with Crippen molar-refractivity contribution in [3.63, 3.8) is 0 Å². The predicted molar refractivity (Wildman–Crippen MR) is 122 cm³/mol. The summed E-state index contributed by atoms with van der Waals surface area (Å²) < 4.78 is -1.86. The number of anilines is 1. The van der Waals surface area contributed by atoms with Gasteiger partial charge in [0.2, 0.25) is 9.74 Å². The van der Waals surface area contributed by atoms with E-state index in [0.717, 1.165) is 22.8 Å². The Labute approximate surface area is 192 Å². The Morgan fingerprint density at radius 2 is 1.84 bits per heavy atom. The lowest BCUT2D eigenvalue weighted by atomic mass is 9.99. The number of benzene rings is 2. The van der Waals surface area contributed by atoms with Crippen LogP contribution in [0.3, 0.4) is 0 Å². The molecule has 0 bridgehead atoms. The molecule has 2 aromatic heterocycles. The highest BCUT2D eigenvalue weighted by Gasteiger charge is 2.29. The van der Waals surface area contributed by atoms with Gasteiger partial charge < -0.3 is 5.32 Å². The molecule has 0 spiro atoms. The number of aldehydes is 1. The number of fused-ring (bicyclic) bond motifs is 1. The normalized spacial score (nSPS) is 11.5. The second-order valence-corrected chi connectivity index (χ2v) is 8.82. The standard InChI is InChI=1S/C21H15Cl3N6O/c22-21(23,24)19-28-18(16-6-5-13-3-1-2-4-15(13)17(16)12-31)29-20(30-19)27-8-7-14-11-25-9-10-26-14/h1-6,9-12H,7-8H2,(H,27,28,29,30). The molecule has 2 aromatic carbocycles. The van der Waals surface area contributed by atoms with Gasteiger partial charge in [0.15, 0.2) is 17.9 Å². The van der Waals surface area contributed by atoms with Gasteiger partial charge in [0.05, 0.1) is 5.69 Å². The van der Waals surface area contributed by atoms with Gasteiger partial charge in [-0.25, -0.2) is 4.98 Å². The van der Waals surface area contributed by atoms with E-state index in [9.17, 15) is 4.79 Å². The van der Waals surface area contributed by atoms with Gasteiger partial charge in [-0.2, -0.15) is 9.97 Å². The minimum absolute atomic E-state index is 0.0467. The maximum absolute atomic E-state index is 11.9. The molecule has 7 nitrogen and oxygen atoms in total. The van der Waals surface area contributed by atoms with Crippen LogP contribution in [-0.4, -0.2) is 37.8 Å². The average molecular weight is 474 g/mol. The van der Waals surface area contributed by atoms with E-state index in [4.69, 9.17) is 34.8 Å². The number of aromatic nitrogens is 5. The zero-order valence-electron chi connectivity index (χ0n) is 16.0. The molecule has 0 fully saturated rings. The molecule has 0 unspecified atom stereocenters. The molecule has 4 aromatic rings. The van der Waals surface area contributed by atoms with Crippen LogP contribution < -0.4 is 5.32 Å². The number of nitrogens with zero attached hydrogens (tertiary/aromatic N) is 5. The van der Waals surface area contributed by atoms with Crippen LogP contribution in [0.25, 0.3) is 22.2 Å². The largest absolute Gasteiger partial charge is 0.354 e. The Morgan fingerprint density at radius 1 is 1.00 bits per heavy atom. The summed E-state index contributed by atoms with van der Waals surface area (Å²) in [6.07, 6.45) is 6.28. The zero-order chi connectivity index (χ0) is 21.8. The first-order valence-corrected chi connectivity index (χ1v) is 10.4. The van der Waals surface area contributed by atoms with Crippen LogP contribution in [0.4, 0.5) is 5.95 Å². The second-order valence-electron chi connectivity index (χ2n) is 6.54. The molecule has 0 saturated carbocycles. The van der Waals surface area contributed by atoms with Gasteiger partial charge >= 0.3 is 0 Å². The monoisotopic (exact) mass is 472 g/mol. The minimum Gasteiger partial charge on any atom is -0.354 e. The number of hydrogen-bond acceptors (Lipinski definition) is 7. The lowest BCUT2D eigenvalue weighted by molar-refractivity contribution is 0.112. The third-order valence-corrected chi connectivity index (χ3v) is 5.01. The fraction of sp³-hybridized carbons (Fsp3) is 0.143. The maximum atomic E-state index is 11.9. The lowest BCUT2D eigenvalue weighted by Gasteiger charge is -2.14. The Hall–Kier alpha value is -2.87. The van der Waals surface area contributed by atoms with Crippen molar-refractivity contribution in [2.24, 2.45) is 0 Å². The predicted octanol–water partition coefficient (Wildman–Crippen LogP) is 4.78. The Balaban J connectivity index is 1.73. The van der Waals surface area contributed by atoms with E-state index in [0.29, 0.717) is 24.1 Å². The van der Waals surface area contributed by atoms with Crippen LogP contribution in [0.2, 0.25) is 0 Å². The molecule has 2 heterocycles. The smallest absolute Gasteiger partial charge is 0.250 e. The average Bonchev–Trinajstić information content (AvgIpc) is 2.78. The molecular weight excluding hydrogens is 459 g/mol. The number of alkyl halides is 3. The fourth-order valence-corrected chi connectivity index (χ4v) is 3.33. The van der Waals surface area contributed by atoms with Crippen molar-refractivity contribution in [2.45, 2.75) is 10.2 Å². The number of halogens is 3. The van der Waals surface area contributed by atoms with Crippen molar-refractivity contribution in [3.8, 4) is 11.4 Å². The van der Waals surface area contributed by atoms with Gasteiger partial charge in [0.1, 0.15) is 0 Å². The van der Waals surface area contributed by atoms with Gasteiger partial charge in [0.25, 0.3) is 0 Å². The molecule has 0 aliphatic heterocycles. The van der Waals surface area contributed by atoms with E-state index in [-0.39, 0.29) is 17.6 Å². The summed E-state index contributed by atoms with van der Waals surface area (Å²) in [5, 5.41) is 4.80. The summed E-state index contributed by atoms with van der Waals surface area (Å²) in [5.41, 5.74) is 1.78. The first-order valence-electron chi connectivity index (χ1n) is 9.25. The van der Waals surface area contributed by atoms with Crippen molar-refractivity contribution >= 4 is 57.8 Å². The number of hydrogen-bond donors (Lipinski definition) is 1. The van der Waals surface area contributed by atoms with Crippen molar-refractivity contribution in [2.75, 3.05) is 11.9 Å². The summed E-state index contributed by atoms with van der Waals surface area (Å²) >= 11 is 18.2. The van der Waals surface area contributed by atoms with E-state index < -0.39 is 3.79 Å². The van der Waals surface area contributed by atoms with E-state index in [1.807, 2.05) is 30.3 Å². The van der Waals surface area contributed by atoms with E-state index >= 15 is 0 Å². The van der Waals surface area contributed by atoms with E-state index in [2.05, 4.69) is 30.2 Å². The summed E-state index contributed by atoms with van der Waals surface area (Å²) in [6, 6.07) is 11.2. The third-order valence-electron chi connectivity index (χ3n) is 4.50. The van der Waals surface area contributed by atoms with Crippen molar-refractivity contribution in [1.29, 1.82) is 0 Å². The lowest BCUT2D eigenvalue weighted by Crippen LogP contribution is -2.15. The Bertz CT molecular complexity index is 1230. The summed E-state index contributed by atoms with van der Waals surface area (Å²) in [4.78, 5) is 33.2. The quantitative estimate of drug-likeness (QED) is 0.318. The SMILES string of the molecule is O=Cc1c(-c2nc(NCCc3cnccn3)nc(C(Cl)(Cl)Cl)n2)ccc2ccccc12. The van der Waals surface area contributed by atoms with Gasteiger partial charge in [-0.1, -0.05) is 65.1 Å². The summed E-state index contributed by atoms with van der Waals surface area (Å²) in [6.45, 7) is 0.472. The molecule has 0 aliphatic rings. The maximum Gasteiger partial charge on any atom is 0.250 e. The van der Waals surface area contributed by atoms with Gasteiger partial charge in [-0.15, -0.1) is 0 Å². The van der Waals surface area contributed by atoms with Gasteiger partial charge in [0, 0.05) is 42.7 Å². The number of rotatable bonds is 6. The minimum atomic E-state index is -1.86.